The van der Waals surface area contributed by atoms with Crippen molar-refractivity contribution in [1.29, 1.82) is 0 Å². The molecule has 0 aromatic heterocycles. The van der Waals surface area contributed by atoms with Gasteiger partial charge in [0.05, 0.1) is 6.61 Å². The van der Waals surface area contributed by atoms with Crippen LogP contribution < -0.4 is 5.32 Å². The minimum absolute atomic E-state index is 0.0761. The number of carbonyl (C=O) groups is 1. The lowest BCUT2D eigenvalue weighted by Crippen LogP contribution is -2.43. The molecule has 4 heteroatoms. The second-order valence-corrected chi connectivity index (χ2v) is 3.74. The van der Waals surface area contributed by atoms with Gasteiger partial charge in [0.2, 0.25) is 0 Å². The van der Waals surface area contributed by atoms with Crippen molar-refractivity contribution in [2.75, 3.05) is 20.3 Å². The highest BCUT2D eigenvalue weighted by Gasteiger charge is 2.15. The smallest absolute Gasteiger partial charge is 0.303 e. The molecule has 0 aliphatic carbocycles. The molecule has 0 atom stereocenters. The molecule has 0 fully saturated rings. The largest absolute Gasteiger partial charge is 0.481 e. The first-order chi connectivity index (χ1) is 5.98. The molecule has 0 radical (unpaired) electrons. The van der Waals surface area contributed by atoms with Crippen LogP contribution in [0.4, 0.5) is 0 Å². The number of carboxylic acid groups (broad SMARTS) is 1. The summed E-state index contributed by atoms with van der Waals surface area (Å²) in [6.07, 6.45) is 0.874. The number of aliphatic carboxylic acids is 1. The first-order valence-corrected chi connectivity index (χ1v) is 4.44. The van der Waals surface area contributed by atoms with Crippen molar-refractivity contribution in [3.8, 4) is 0 Å². The Bertz CT molecular complexity index is 157. The van der Waals surface area contributed by atoms with Gasteiger partial charge in [-0.25, -0.2) is 0 Å². The number of hydrogen-bond donors (Lipinski definition) is 2. The van der Waals surface area contributed by atoms with E-state index in [0.29, 0.717) is 19.6 Å². The van der Waals surface area contributed by atoms with Gasteiger partial charge < -0.3 is 15.2 Å². The molecule has 0 bridgehead atoms. The van der Waals surface area contributed by atoms with E-state index in [1.165, 1.54) is 0 Å². The monoisotopic (exact) mass is 189 g/mol. The first-order valence-electron chi connectivity index (χ1n) is 4.44. The maximum atomic E-state index is 10.2. The SMILES string of the molecule is COCC(C)(C)NCCCC(=O)O. The van der Waals surface area contributed by atoms with E-state index in [0.717, 1.165) is 0 Å². The molecule has 2 N–H and O–H groups in total. The Labute approximate surface area is 79.3 Å². The summed E-state index contributed by atoms with van der Waals surface area (Å²) in [5.74, 6) is -0.744. The molecule has 0 saturated carbocycles. The van der Waals surface area contributed by atoms with Gasteiger partial charge in [-0.15, -0.1) is 0 Å². The van der Waals surface area contributed by atoms with Gasteiger partial charge in [0, 0.05) is 19.1 Å². The topological polar surface area (TPSA) is 58.6 Å². The van der Waals surface area contributed by atoms with Crippen molar-refractivity contribution in [3.05, 3.63) is 0 Å². The highest BCUT2D eigenvalue weighted by molar-refractivity contribution is 5.66. The van der Waals surface area contributed by atoms with E-state index in [1.807, 2.05) is 13.8 Å². The van der Waals surface area contributed by atoms with Crippen LogP contribution in [0.5, 0.6) is 0 Å². The summed E-state index contributed by atoms with van der Waals surface area (Å²) in [6.45, 7) is 5.39. The molecule has 0 saturated heterocycles. The van der Waals surface area contributed by atoms with E-state index in [1.54, 1.807) is 7.11 Å². The predicted molar refractivity (Wildman–Crippen MR) is 50.8 cm³/mol. The average molecular weight is 189 g/mol. The molecular weight excluding hydrogens is 170 g/mol. The van der Waals surface area contributed by atoms with E-state index in [9.17, 15) is 4.79 Å². The van der Waals surface area contributed by atoms with Crippen LogP contribution in [0.3, 0.4) is 0 Å². The molecule has 0 aliphatic heterocycles. The Morgan fingerprint density at radius 2 is 2.15 bits per heavy atom. The predicted octanol–water partition coefficient (Wildman–Crippen LogP) is 0.866. The summed E-state index contributed by atoms with van der Waals surface area (Å²) in [6, 6.07) is 0. The van der Waals surface area contributed by atoms with Crippen molar-refractivity contribution in [2.24, 2.45) is 0 Å². The minimum atomic E-state index is -0.744. The van der Waals surface area contributed by atoms with Crippen LogP contribution in [0, 0.1) is 0 Å². The molecule has 0 rings (SSSR count). The normalized spacial score (nSPS) is 11.6. The molecule has 0 aromatic carbocycles. The van der Waals surface area contributed by atoms with E-state index >= 15 is 0 Å². The third-order valence-corrected chi connectivity index (χ3v) is 1.68. The molecule has 0 aromatic rings. The van der Waals surface area contributed by atoms with Crippen LogP contribution in [0.2, 0.25) is 0 Å². The Balaban J connectivity index is 3.45. The second-order valence-electron chi connectivity index (χ2n) is 3.74. The molecular formula is C9H19NO3. The van der Waals surface area contributed by atoms with Gasteiger partial charge >= 0.3 is 5.97 Å². The van der Waals surface area contributed by atoms with Crippen molar-refractivity contribution < 1.29 is 14.6 Å². The van der Waals surface area contributed by atoms with Crippen molar-refractivity contribution in [3.63, 3.8) is 0 Å². The summed E-state index contributed by atoms with van der Waals surface area (Å²) in [5.41, 5.74) is -0.0761. The first kappa shape index (κ1) is 12.4. The van der Waals surface area contributed by atoms with Gasteiger partial charge in [0.25, 0.3) is 0 Å². The van der Waals surface area contributed by atoms with Gasteiger partial charge in [-0.3, -0.25) is 4.79 Å². The van der Waals surface area contributed by atoms with E-state index < -0.39 is 5.97 Å². The van der Waals surface area contributed by atoms with Crippen LogP contribution in [0.1, 0.15) is 26.7 Å². The van der Waals surface area contributed by atoms with Gasteiger partial charge in [-0.1, -0.05) is 0 Å². The van der Waals surface area contributed by atoms with Crippen molar-refractivity contribution >= 4 is 5.97 Å². The number of hydrogen-bond acceptors (Lipinski definition) is 3. The zero-order valence-electron chi connectivity index (χ0n) is 8.59. The van der Waals surface area contributed by atoms with Gasteiger partial charge in [0.15, 0.2) is 0 Å². The zero-order chi connectivity index (χ0) is 10.3. The summed E-state index contributed by atoms with van der Waals surface area (Å²) < 4.78 is 5.01. The standard InChI is InChI=1S/C9H19NO3/c1-9(2,7-13-3)10-6-4-5-8(11)12/h10H,4-7H2,1-3H3,(H,11,12). The van der Waals surface area contributed by atoms with E-state index in [2.05, 4.69) is 5.32 Å². The van der Waals surface area contributed by atoms with Crippen LogP contribution >= 0.6 is 0 Å². The van der Waals surface area contributed by atoms with Crippen LogP contribution in [-0.4, -0.2) is 36.9 Å². The lowest BCUT2D eigenvalue weighted by atomic mass is 10.1. The van der Waals surface area contributed by atoms with E-state index in [4.69, 9.17) is 9.84 Å². The number of carboxylic acids is 1. The van der Waals surface area contributed by atoms with Crippen molar-refractivity contribution in [1.82, 2.24) is 5.32 Å². The lowest BCUT2D eigenvalue weighted by Gasteiger charge is -2.25. The van der Waals surface area contributed by atoms with Crippen molar-refractivity contribution in [2.45, 2.75) is 32.2 Å². The fraction of sp³-hybridized carbons (Fsp3) is 0.889. The quantitative estimate of drug-likeness (QED) is 0.583. The second kappa shape index (κ2) is 5.94. The fourth-order valence-electron chi connectivity index (χ4n) is 1.08. The summed E-state index contributed by atoms with van der Waals surface area (Å²) in [7, 11) is 1.65. The summed E-state index contributed by atoms with van der Waals surface area (Å²) >= 11 is 0. The molecule has 0 heterocycles. The van der Waals surface area contributed by atoms with Gasteiger partial charge in [0.1, 0.15) is 0 Å². The Kier molecular flexibility index (Phi) is 5.66. The minimum Gasteiger partial charge on any atom is -0.481 e. The number of methoxy groups -OCH3 is 1. The molecule has 0 aliphatic rings. The number of ether oxygens (including phenoxy) is 1. The fourth-order valence-corrected chi connectivity index (χ4v) is 1.08. The maximum Gasteiger partial charge on any atom is 0.303 e. The van der Waals surface area contributed by atoms with Crippen LogP contribution in [0.15, 0.2) is 0 Å². The Morgan fingerprint density at radius 3 is 2.62 bits per heavy atom. The van der Waals surface area contributed by atoms with Crippen LogP contribution in [0.25, 0.3) is 0 Å². The molecule has 0 spiro atoms. The van der Waals surface area contributed by atoms with E-state index in [-0.39, 0.29) is 12.0 Å². The zero-order valence-corrected chi connectivity index (χ0v) is 8.59. The molecule has 78 valence electrons. The lowest BCUT2D eigenvalue weighted by molar-refractivity contribution is -0.137. The number of nitrogens with one attached hydrogen (secondary N) is 1. The van der Waals surface area contributed by atoms with Gasteiger partial charge in [-0.05, 0) is 26.8 Å². The third-order valence-electron chi connectivity index (χ3n) is 1.68. The molecule has 0 amide bonds. The number of rotatable bonds is 7. The summed E-state index contributed by atoms with van der Waals surface area (Å²) in [4.78, 5) is 10.2. The van der Waals surface area contributed by atoms with Gasteiger partial charge in [-0.2, -0.15) is 0 Å². The third kappa shape index (κ3) is 7.74. The maximum absolute atomic E-state index is 10.2. The average Bonchev–Trinajstić information content (AvgIpc) is 1.98. The Morgan fingerprint density at radius 1 is 1.54 bits per heavy atom. The highest BCUT2D eigenvalue weighted by atomic mass is 16.5. The Hall–Kier alpha value is -0.610. The highest BCUT2D eigenvalue weighted by Crippen LogP contribution is 2.02. The summed E-state index contributed by atoms with van der Waals surface area (Å²) in [5, 5.41) is 11.6. The molecule has 4 nitrogen and oxygen atoms in total. The molecule has 13 heavy (non-hydrogen) atoms. The van der Waals surface area contributed by atoms with Crippen LogP contribution in [-0.2, 0) is 9.53 Å². The molecule has 0 unspecified atom stereocenters.